The minimum atomic E-state index is -0.514. The Morgan fingerprint density at radius 1 is 1.12 bits per heavy atom. The first-order valence-electron chi connectivity index (χ1n) is 10.3. The van der Waals surface area contributed by atoms with Crippen LogP contribution in [0.3, 0.4) is 0 Å². The number of nitriles is 1. The monoisotopic (exact) mass is 489 g/mol. The van der Waals surface area contributed by atoms with Crippen LogP contribution in [0.2, 0.25) is 5.02 Å². The molecule has 0 saturated heterocycles. The van der Waals surface area contributed by atoms with Crippen molar-refractivity contribution in [3.63, 3.8) is 0 Å². The quantitative estimate of drug-likeness (QED) is 0.340. The number of aromatic nitrogens is 3. The molecule has 3 aromatic carbocycles. The summed E-state index contributed by atoms with van der Waals surface area (Å²) in [5.41, 5.74) is 2.49. The van der Waals surface area contributed by atoms with Gasteiger partial charge in [0.05, 0.1) is 23.6 Å². The van der Waals surface area contributed by atoms with E-state index in [4.69, 9.17) is 16.3 Å². The number of nitrogens with one attached hydrogen (secondary N) is 1. The van der Waals surface area contributed by atoms with E-state index < -0.39 is 5.25 Å². The Balaban J connectivity index is 1.67. The summed E-state index contributed by atoms with van der Waals surface area (Å²) in [4.78, 5) is 12.9. The maximum Gasteiger partial charge on any atom is 0.237 e. The van der Waals surface area contributed by atoms with E-state index in [1.807, 2.05) is 41.0 Å². The lowest BCUT2D eigenvalue weighted by Crippen LogP contribution is -2.23. The number of halogens is 1. The smallest absolute Gasteiger partial charge is 0.237 e. The Bertz CT molecular complexity index is 1360. The molecule has 0 bridgehead atoms. The maximum absolute atomic E-state index is 12.9. The standard InChI is InChI=1S/C25H20ClN5O2S/c1-16(24(32)28-22-9-4-3-6-18(22)15-27)34-25-30-29-23(17-7-5-8-21(14-17)33-2)31(25)20-12-10-19(26)11-13-20/h3-14,16H,1-2H3,(H,28,32). The van der Waals surface area contributed by atoms with Crippen molar-refractivity contribution in [3.05, 3.63) is 83.4 Å². The second-order valence-corrected chi connectivity index (χ2v) is 9.00. The van der Waals surface area contributed by atoms with Crippen molar-refractivity contribution in [3.8, 4) is 28.9 Å². The predicted octanol–water partition coefficient (Wildman–Crippen LogP) is 5.59. The lowest BCUT2D eigenvalue weighted by atomic mass is 10.2. The Hall–Kier alpha value is -3.80. The number of para-hydroxylation sites is 1. The van der Waals surface area contributed by atoms with E-state index in [1.54, 1.807) is 50.4 Å². The fourth-order valence-corrected chi connectivity index (χ4v) is 4.25. The fraction of sp³-hybridized carbons (Fsp3) is 0.120. The average molecular weight is 490 g/mol. The van der Waals surface area contributed by atoms with Crippen molar-refractivity contribution in [1.82, 2.24) is 14.8 Å². The molecule has 1 unspecified atom stereocenters. The summed E-state index contributed by atoms with van der Waals surface area (Å²) in [5.74, 6) is 1.05. The number of carbonyl (C=O) groups is 1. The Kier molecular flexibility index (Phi) is 7.16. The van der Waals surface area contributed by atoms with Crippen LogP contribution in [0, 0.1) is 11.3 Å². The highest BCUT2D eigenvalue weighted by molar-refractivity contribution is 8.00. The number of rotatable bonds is 7. The molecule has 1 heterocycles. The van der Waals surface area contributed by atoms with E-state index in [9.17, 15) is 10.1 Å². The van der Waals surface area contributed by atoms with Crippen LogP contribution >= 0.6 is 23.4 Å². The van der Waals surface area contributed by atoms with E-state index in [1.165, 1.54) is 11.8 Å². The van der Waals surface area contributed by atoms with Crippen LogP contribution < -0.4 is 10.1 Å². The first kappa shape index (κ1) is 23.4. The molecule has 0 fully saturated rings. The molecule has 0 aliphatic carbocycles. The van der Waals surface area contributed by atoms with Gasteiger partial charge in [0.25, 0.3) is 0 Å². The van der Waals surface area contributed by atoms with Gasteiger partial charge in [-0.2, -0.15) is 5.26 Å². The van der Waals surface area contributed by atoms with Gasteiger partial charge in [0.2, 0.25) is 5.91 Å². The van der Waals surface area contributed by atoms with E-state index in [-0.39, 0.29) is 5.91 Å². The van der Waals surface area contributed by atoms with Crippen LogP contribution in [0.4, 0.5) is 5.69 Å². The van der Waals surface area contributed by atoms with Crippen LogP contribution in [-0.4, -0.2) is 33.0 Å². The van der Waals surface area contributed by atoms with Crippen LogP contribution in [0.15, 0.2) is 78.0 Å². The number of methoxy groups -OCH3 is 1. The van der Waals surface area contributed by atoms with Gasteiger partial charge in [0.15, 0.2) is 11.0 Å². The van der Waals surface area contributed by atoms with E-state index in [2.05, 4.69) is 21.6 Å². The highest BCUT2D eigenvalue weighted by Crippen LogP contribution is 2.32. The van der Waals surface area contributed by atoms with Gasteiger partial charge in [-0.25, -0.2) is 0 Å². The molecule has 0 aliphatic heterocycles. The maximum atomic E-state index is 12.9. The topological polar surface area (TPSA) is 92.8 Å². The molecule has 0 aliphatic rings. The summed E-state index contributed by atoms with van der Waals surface area (Å²) in [7, 11) is 1.61. The van der Waals surface area contributed by atoms with E-state index in [0.29, 0.717) is 33.0 Å². The summed E-state index contributed by atoms with van der Waals surface area (Å²) < 4.78 is 7.24. The average Bonchev–Trinajstić information content (AvgIpc) is 3.28. The molecule has 4 aromatic rings. The minimum absolute atomic E-state index is 0.249. The normalized spacial score (nSPS) is 11.5. The molecule has 0 radical (unpaired) electrons. The summed E-state index contributed by atoms with van der Waals surface area (Å²) in [6.07, 6.45) is 0. The summed E-state index contributed by atoms with van der Waals surface area (Å²) in [6.45, 7) is 1.78. The third-order valence-corrected chi connectivity index (χ3v) is 6.30. The summed E-state index contributed by atoms with van der Waals surface area (Å²) >= 11 is 7.36. The molecule has 7 nitrogen and oxygen atoms in total. The molecular weight excluding hydrogens is 470 g/mol. The molecular formula is C25H20ClN5O2S. The van der Waals surface area contributed by atoms with Crippen molar-refractivity contribution in [1.29, 1.82) is 5.26 Å². The third-order valence-electron chi connectivity index (χ3n) is 5.00. The third kappa shape index (κ3) is 5.06. The number of nitrogens with zero attached hydrogens (tertiary/aromatic N) is 4. The van der Waals surface area contributed by atoms with Crippen LogP contribution in [0.1, 0.15) is 12.5 Å². The van der Waals surface area contributed by atoms with Gasteiger partial charge in [-0.05, 0) is 55.5 Å². The Labute approximate surface area is 206 Å². The fourth-order valence-electron chi connectivity index (χ4n) is 3.25. The van der Waals surface area contributed by atoms with Crippen molar-refractivity contribution < 1.29 is 9.53 Å². The molecule has 1 amide bonds. The molecule has 1 atom stereocenters. The number of benzene rings is 3. The molecule has 1 N–H and O–H groups in total. The number of amides is 1. The number of ether oxygens (including phenoxy) is 1. The van der Waals surface area contributed by atoms with Crippen LogP contribution in [-0.2, 0) is 4.79 Å². The SMILES string of the molecule is COc1cccc(-c2nnc(SC(C)C(=O)Nc3ccccc3C#N)n2-c2ccc(Cl)cc2)c1. The van der Waals surface area contributed by atoms with Gasteiger partial charge < -0.3 is 10.1 Å². The Morgan fingerprint density at radius 2 is 1.88 bits per heavy atom. The second kappa shape index (κ2) is 10.4. The molecule has 170 valence electrons. The molecule has 0 spiro atoms. The first-order valence-corrected chi connectivity index (χ1v) is 11.6. The largest absolute Gasteiger partial charge is 0.497 e. The lowest BCUT2D eigenvalue weighted by molar-refractivity contribution is -0.115. The van der Waals surface area contributed by atoms with E-state index >= 15 is 0 Å². The van der Waals surface area contributed by atoms with Crippen molar-refractivity contribution >= 4 is 35.0 Å². The van der Waals surface area contributed by atoms with Gasteiger partial charge in [0, 0.05) is 16.3 Å². The van der Waals surface area contributed by atoms with Gasteiger partial charge >= 0.3 is 0 Å². The van der Waals surface area contributed by atoms with Crippen LogP contribution in [0.5, 0.6) is 5.75 Å². The van der Waals surface area contributed by atoms with Gasteiger partial charge in [-0.1, -0.05) is 47.6 Å². The number of anilines is 1. The second-order valence-electron chi connectivity index (χ2n) is 7.26. The zero-order valence-electron chi connectivity index (χ0n) is 18.4. The Morgan fingerprint density at radius 3 is 2.62 bits per heavy atom. The zero-order chi connectivity index (χ0) is 24.1. The van der Waals surface area contributed by atoms with Crippen molar-refractivity contribution in [2.45, 2.75) is 17.3 Å². The van der Waals surface area contributed by atoms with Gasteiger partial charge in [-0.3, -0.25) is 9.36 Å². The number of hydrogen-bond donors (Lipinski definition) is 1. The summed E-state index contributed by atoms with van der Waals surface area (Å²) in [5, 5.41) is 21.5. The highest BCUT2D eigenvalue weighted by atomic mass is 35.5. The number of thioether (sulfide) groups is 1. The molecule has 1 aromatic heterocycles. The summed E-state index contributed by atoms with van der Waals surface area (Å²) in [6, 6.07) is 23.8. The van der Waals surface area contributed by atoms with Gasteiger partial charge in [0.1, 0.15) is 11.8 Å². The molecule has 4 rings (SSSR count). The molecule has 34 heavy (non-hydrogen) atoms. The number of carbonyl (C=O) groups excluding carboxylic acids is 1. The van der Waals surface area contributed by atoms with Crippen LogP contribution in [0.25, 0.3) is 17.1 Å². The van der Waals surface area contributed by atoms with Crippen molar-refractivity contribution in [2.75, 3.05) is 12.4 Å². The zero-order valence-corrected chi connectivity index (χ0v) is 20.0. The number of hydrogen-bond acceptors (Lipinski definition) is 6. The van der Waals surface area contributed by atoms with E-state index in [0.717, 1.165) is 11.3 Å². The minimum Gasteiger partial charge on any atom is -0.497 e. The predicted molar refractivity (Wildman–Crippen MR) is 133 cm³/mol. The first-order chi connectivity index (χ1) is 16.5. The highest BCUT2D eigenvalue weighted by Gasteiger charge is 2.22. The molecule has 0 saturated carbocycles. The molecule has 9 heteroatoms. The van der Waals surface area contributed by atoms with Gasteiger partial charge in [-0.15, -0.1) is 10.2 Å². The lowest BCUT2D eigenvalue weighted by Gasteiger charge is -2.15. The van der Waals surface area contributed by atoms with Crippen molar-refractivity contribution in [2.24, 2.45) is 0 Å².